The zero-order valence-corrected chi connectivity index (χ0v) is 15.5. The summed E-state index contributed by atoms with van der Waals surface area (Å²) >= 11 is 1.28. The van der Waals surface area contributed by atoms with Crippen molar-refractivity contribution in [3.8, 4) is 0 Å². The second kappa shape index (κ2) is 7.82. The highest BCUT2D eigenvalue weighted by Crippen LogP contribution is 2.26. The molecule has 0 aliphatic carbocycles. The Bertz CT molecular complexity index is 798. The number of nitrogens with one attached hydrogen (secondary N) is 2. The molecule has 1 saturated heterocycles. The second-order valence-electron chi connectivity index (χ2n) is 6.27. The molecular formula is C18H21FN4O2S. The number of benzene rings is 1. The Kier molecular flexibility index (Phi) is 5.51. The number of amides is 2. The molecule has 1 aliphatic heterocycles. The summed E-state index contributed by atoms with van der Waals surface area (Å²) < 4.78 is 17.2. The highest BCUT2D eigenvalue weighted by Gasteiger charge is 2.28. The number of carbonyl (C=O) groups excluding carboxylic acids is 2. The maximum Gasteiger partial charge on any atom is 0.258 e. The van der Waals surface area contributed by atoms with E-state index >= 15 is 0 Å². The van der Waals surface area contributed by atoms with Gasteiger partial charge in [-0.05, 0) is 55.6 Å². The Hall–Kier alpha value is -2.48. The maximum absolute atomic E-state index is 12.9. The minimum Gasteiger partial charge on any atom is -0.378 e. The van der Waals surface area contributed by atoms with E-state index in [1.807, 2.05) is 6.92 Å². The largest absolute Gasteiger partial charge is 0.378 e. The number of likely N-dealkylation sites (tertiary alicyclic amines) is 1. The van der Waals surface area contributed by atoms with Crippen LogP contribution in [-0.4, -0.2) is 47.3 Å². The molecule has 0 saturated carbocycles. The quantitative estimate of drug-likeness (QED) is 0.860. The van der Waals surface area contributed by atoms with Crippen molar-refractivity contribution in [3.63, 3.8) is 0 Å². The molecule has 26 heavy (non-hydrogen) atoms. The first-order valence-corrected chi connectivity index (χ1v) is 9.26. The summed E-state index contributed by atoms with van der Waals surface area (Å²) in [6.45, 7) is 2.98. The van der Waals surface area contributed by atoms with Gasteiger partial charge in [-0.25, -0.2) is 4.39 Å². The first-order chi connectivity index (χ1) is 12.5. The van der Waals surface area contributed by atoms with Crippen molar-refractivity contribution in [2.75, 3.05) is 25.5 Å². The Balaban J connectivity index is 1.57. The molecule has 0 spiro atoms. The van der Waals surface area contributed by atoms with Crippen LogP contribution >= 0.6 is 11.5 Å². The van der Waals surface area contributed by atoms with Crippen molar-refractivity contribution >= 4 is 28.3 Å². The monoisotopic (exact) mass is 376 g/mol. The first kappa shape index (κ1) is 18.3. The second-order valence-corrected chi connectivity index (χ2v) is 7.04. The Labute approximate surface area is 155 Å². The van der Waals surface area contributed by atoms with E-state index in [4.69, 9.17) is 0 Å². The number of hydrogen-bond acceptors (Lipinski definition) is 5. The standard InChI is InChI=1S/C18H21FN4O2S/c1-11-15(17(20-2)26-22-11)18(25)23-9-7-14(8-10-23)21-16(24)12-3-5-13(19)6-4-12/h3-6,14,20H,7-10H2,1-2H3,(H,21,24). The van der Waals surface area contributed by atoms with Gasteiger partial charge in [0.05, 0.1) is 11.3 Å². The summed E-state index contributed by atoms with van der Waals surface area (Å²) in [5.41, 5.74) is 1.80. The summed E-state index contributed by atoms with van der Waals surface area (Å²) in [6.07, 6.45) is 1.37. The van der Waals surface area contributed by atoms with Gasteiger partial charge in [-0.15, -0.1) is 0 Å². The van der Waals surface area contributed by atoms with Crippen LogP contribution in [0.15, 0.2) is 24.3 Å². The Morgan fingerprint density at radius 3 is 2.50 bits per heavy atom. The molecule has 0 radical (unpaired) electrons. The van der Waals surface area contributed by atoms with Gasteiger partial charge in [0.15, 0.2) is 0 Å². The predicted molar refractivity (Wildman–Crippen MR) is 99.2 cm³/mol. The molecular weight excluding hydrogens is 355 g/mol. The van der Waals surface area contributed by atoms with Crippen LogP contribution < -0.4 is 10.6 Å². The van der Waals surface area contributed by atoms with E-state index in [1.165, 1.54) is 35.8 Å². The van der Waals surface area contributed by atoms with Gasteiger partial charge in [-0.2, -0.15) is 4.37 Å². The smallest absolute Gasteiger partial charge is 0.258 e. The number of aryl methyl sites for hydroxylation is 1. The van der Waals surface area contributed by atoms with Gasteiger partial charge in [0.2, 0.25) is 0 Å². The van der Waals surface area contributed by atoms with Crippen molar-refractivity contribution in [3.05, 3.63) is 46.9 Å². The summed E-state index contributed by atoms with van der Waals surface area (Å²) in [5.74, 6) is -0.610. The van der Waals surface area contributed by atoms with E-state index in [2.05, 4.69) is 15.0 Å². The van der Waals surface area contributed by atoms with E-state index < -0.39 is 0 Å². The SMILES string of the molecule is CNc1snc(C)c1C(=O)N1CCC(NC(=O)c2ccc(F)cc2)CC1. The highest BCUT2D eigenvalue weighted by atomic mass is 32.1. The van der Waals surface area contributed by atoms with Crippen molar-refractivity contribution in [1.82, 2.24) is 14.6 Å². The lowest BCUT2D eigenvalue weighted by molar-refractivity contribution is 0.0698. The molecule has 2 N–H and O–H groups in total. The van der Waals surface area contributed by atoms with Crippen LogP contribution in [0, 0.1) is 12.7 Å². The summed E-state index contributed by atoms with van der Waals surface area (Å²) in [7, 11) is 1.78. The van der Waals surface area contributed by atoms with Gasteiger partial charge in [-0.3, -0.25) is 9.59 Å². The minimum atomic E-state index is -0.368. The van der Waals surface area contributed by atoms with Crippen LogP contribution in [0.25, 0.3) is 0 Å². The van der Waals surface area contributed by atoms with Gasteiger partial charge in [0.25, 0.3) is 11.8 Å². The number of piperidine rings is 1. The normalized spacial score (nSPS) is 15.0. The van der Waals surface area contributed by atoms with Crippen LogP contribution in [0.1, 0.15) is 39.3 Å². The molecule has 138 valence electrons. The van der Waals surface area contributed by atoms with E-state index in [1.54, 1.807) is 11.9 Å². The van der Waals surface area contributed by atoms with Crippen molar-refractivity contribution < 1.29 is 14.0 Å². The topological polar surface area (TPSA) is 74.3 Å². The zero-order valence-electron chi connectivity index (χ0n) is 14.7. The summed E-state index contributed by atoms with van der Waals surface area (Å²) in [5, 5.41) is 6.76. The fourth-order valence-electron chi connectivity index (χ4n) is 3.05. The molecule has 6 nitrogen and oxygen atoms in total. The zero-order chi connectivity index (χ0) is 18.7. The van der Waals surface area contributed by atoms with E-state index in [9.17, 15) is 14.0 Å². The van der Waals surface area contributed by atoms with E-state index in [0.29, 0.717) is 37.1 Å². The third-order valence-electron chi connectivity index (χ3n) is 4.53. The lowest BCUT2D eigenvalue weighted by atomic mass is 10.0. The van der Waals surface area contributed by atoms with Gasteiger partial charge in [0.1, 0.15) is 10.8 Å². The third-order valence-corrected chi connectivity index (χ3v) is 5.48. The minimum absolute atomic E-state index is 0.00192. The number of rotatable bonds is 4. The van der Waals surface area contributed by atoms with Crippen LogP contribution in [0.5, 0.6) is 0 Å². The molecule has 1 aromatic heterocycles. The van der Waals surface area contributed by atoms with Gasteiger partial charge in [-0.1, -0.05) is 0 Å². The molecule has 0 bridgehead atoms. The molecule has 0 unspecified atom stereocenters. The highest BCUT2D eigenvalue weighted by molar-refractivity contribution is 7.10. The molecule has 1 aromatic carbocycles. The fraction of sp³-hybridized carbons (Fsp3) is 0.389. The Morgan fingerprint density at radius 2 is 1.88 bits per heavy atom. The van der Waals surface area contributed by atoms with Crippen molar-refractivity contribution in [2.24, 2.45) is 0 Å². The molecule has 1 fully saturated rings. The first-order valence-electron chi connectivity index (χ1n) is 8.49. The molecule has 2 aromatic rings. The van der Waals surface area contributed by atoms with Gasteiger partial charge in [0, 0.05) is 31.7 Å². The fourth-order valence-corrected chi connectivity index (χ4v) is 3.78. The molecule has 8 heteroatoms. The van der Waals surface area contributed by atoms with Gasteiger partial charge >= 0.3 is 0 Å². The molecule has 0 atom stereocenters. The number of aromatic nitrogens is 1. The average Bonchev–Trinajstić information content (AvgIpc) is 3.03. The number of halogens is 1. The maximum atomic E-state index is 12.9. The lowest BCUT2D eigenvalue weighted by Gasteiger charge is -2.32. The number of hydrogen-bond donors (Lipinski definition) is 2. The van der Waals surface area contributed by atoms with Gasteiger partial charge < -0.3 is 15.5 Å². The number of carbonyl (C=O) groups is 2. The number of nitrogens with zero attached hydrogens (tertiary/aromatic N) is 2. The van der Waals surface area contributed by atoms with Crippen LogP contribution in [-0.2, 0) is 0 Å². The van der Waals surface area contributed by atoms with Crippen LogP contribution in [0.3, 0.4) is 0 Å². The van der Waals surface area contributed by atoms with Crippen LogP contribution in [0.4, 0.5) is 9.39 Å². The number of anilines is 1. The molecule has 1 aliphatic rings. The summed E-state index contributed by atoms with van der Waals surface area (Å²) in [4.78, 5) is 26.8. The van der Waals surface area contributed by atoms with Crippen molar-refractivity contribution in [2.45, 2.75) is 25.8 Å². The Morgan fingerprint density at radius 1 is 1.23 bits per heavy atom. The molecule has 2 heterocycles. The molecule has 3 rings (SSSR count). The van der Waals surface area contributed by atoms with E-state index in [0.717, 1.165) is 10.7 Å². The average molecular weight is 376 g/mol. The predicted octanol–water partition coefficient (Wildman–Crippen LogP) is 2.67. The van der Waals surface area contributed by atoms with Crippen molar-refractivity contribution in [1.29, 1.82) is 0 Å². The third kappa shape index (κ3) is 3.85. The van der Waals surface area contributed by atoms with Crippen LogP contribution in [0.2, 0.25) is 0 Å². The summed E-state index contributed by atoms with van der Waals surface area (Å²) in [6, 6.07) is 5.48. The molecule has 2 amide bonds. The lowest BCUT2D eigenvalue weighted by Crippen LogP contribution is -2.46. The van der Waals surface area contributed by atoms with E-state index in [-0.39, 0.29) is 23.7 Å².